The molecule has 1 rings (SSSR count). The third kappa shape index (κ3) is 7.33. The summed E-state index contributed by atoms with van der Waals surface area (Å²) in [5, 5.41) is 2.34. The van der Waals surface area contributed by atoms with Crippen LogP contribution in [0.1, 0.15) is 19.8 Å². The number of nitrogens with zero attached hydrogens (tertiary/aromatic N) is 1. The number of amides is 2. The van der Waals surface area contributed by atoms with Gasteiger partial charge in [-0.3, -0.25) is 9.59 Å². The molecular formula is C14H20ClF2N3O2. The van der Waals surface area contributed by atoms with E-state index < -0.39 is 17.5 Å². The number of nitrogens with one attached hydrogen (secondary N) is 1. The highest BCUT2D eigenvalue weighted by Crippen LogP contribution is 2.12. The molecule has 0 spiro atoms. The molecule has 8 heteroatoms. The third-order valence-corrected chi connectivity index (χ3v) is 2.77. The van der Waals surface area contributed by atoms with Crippen molar-refractivity contribution in [1.29, 1.82) is 0 Å². The van der Waals surface area contributed by atoms with Crippen molar-refractivity contribution in [2.24, 2.45) is 5.73 Å². The first-order chi connectivity index (χ1) is 9.77. The van der Waals surface area contributed by atoms with Gasteiger partial charge in [0.05, 0.1) is 6.54 Å². The van der Waals surface area contributed by atoms with Gasteiger partial charge in [-0.1, -0.05) is 0 Å². The molecule has 1 atom stereocenters. The van der Waals surface area contributed by atoms with Gasteiger partial charge >= 0.3 is 0 Å². The van der Waals surface area contributed by atoms with Crippen LogP contribution in [0.2, 0.25) is 0 Å². The first kappa shape index (κ1) is 20.3. The quantitative estimate of drug-likeness (QED) is 0.834. The van der Waals surface area contributed by atoms with E-state index in [0.717, 1.165) is 12.1 Å². The lowest BCUT2D eigenvalue weighted by atomic mass is 10.2. The minimum Gasteiger partial charge on any atom is -0.336 e. The van der Waals surface area contributed by atoms with Gasteiger partial charge in [0.25, 0.3) is 0 Å². The summed E-state index contributed by atoms with van der Waals surface area (Å²) in [6.45, 7) is 1.59. The van der Waals surface area contributed by atoms with E-state index in [1.54, 1.807) is 6.92 Å². The van der Waals surface area contributed by atoms with Crippen LogP contribution in [0.15, 0.2) is 18.2 Å². The highest BCUT2D eigenvalue weighted by atomic mass is 35.5. The van der Waals surface area contributed by atoms with Gasteiger partial charge in [0, 0.05) is 31.3 Å². The summed E-state index contributed by atoms with van der Waals surface area (Å²) in [6.07, 6.45) is 0.774. The van der Waals surface area contributed by atoms with Crippen LogP contribution in [-0.4, -0.2) is 36.3 Å². The lowest BCUT2D eigenvalue weighted by Crippen LogP contribution is -2.35. The highest BCUT2D eigenvalue weighted by Gasteiger charge is 2.14. The van der Waals surface area contributed by atoms with Crippen molar-refractivity contribution < 1.29 is 18.4 Å². The first-order valence-electron chi connectivity index (χ1n) is 6.53. The molecule has 1 unspecified atom stereocenters. The van der Waals surface area contributed by atoms with Gasteiger partial charge in [0.15, 0.2) is 0 Å². The molecule has 0 aromatic heterocycles. The SMILES string of the molecule is CC(N)CCC(=O)N(C)CC(=O)Nc1cc(F)cc(F)c1.Cl. The van der Waals surface area contributed by atoms with E-state index in [4.69, 9.17) is 5.73 Å². The highest BCUT2D eigenvalue weighted by molar-refractivity contribution is 5.94. The first-order valence-corrected chi connectivity index (χ1v) is 6.53. The maximum atomic E-state index is 13.0. The fraction of sp³-hybridized carbons (Fsp3) is 0.429. The van der Waals surface area contributed by atoms with Crippen LogP contribution in [0, 0.1) is 11.6 Å². The molecule has 0 fully saturated rings. The average Bonchev–Trinajstić information content (AvgIpc) is 2.34. The van der Waals surface area contributed by atoms with Crippen LogP contribution in [0.4, 0.5) is 14.5 Å². The molecule has 5 nitrogen and oxygen atoms in total. The Labute approximate surface area is 134 Å². The molecule has 1 aromatic rings. The lowest BCUT2D eigenvalue weighted by molar-refractivity contribution is -0.133. The number of benzene rings is 1. The molecule has 2 amide bonds. The summed E-state index contributed by atoms with van der Waals surface area (Å²) in [5.74, 6) is -2.32. The second-order valence-electron chi connectivity index (χ2n) is 4.97. The number of nitrogens with two attached hydrogens (primary N) is 1. The van der Waals surface area contributed by atoms with Crippen molar-refractivity contribution in [2.75, 3.05) is 18.9 Å². The van der Waals surface area contributed by atoms with E-state index in [1.165, 1.54) is 11.9 Å². The summed E-state index contributed by atoms with van der Waals surface area (Å²) in [6, 6.07) is 2.61. The lowest BCUT2D eigenvalue weighted by Gasteiger charge is -2.17. The van der Waals surface area contributed by atoms with Crippen molar-refractivity contribution in [3.63, 3.8) is 0 Å². The van der Waals surface area contributed by atoms with Gasteiger partial charge in [0.1, 0.15) is 11.6 Å². The summed E-state index contributed by atoms with van der Waals surface area (Å²) in [5.41, 5.74) is 5.56. The minimum absolute atomic E-state index is 0. The maximum absolute atomic E-state index is 13.0. The second kappa shape index (κ2) is 9.32. The molecule has 22 heavy (non-hydrogen) atoms. The Hall–Kier alpha value is -1.73. The number of carbonyl (C=O) groups is 2. The Kier molecular flexibility index (Phi) is 8.59. The average molecular weight is 336 g/mol. The van der Waals surface area contributed by atoms with E-state index in [9.17, 15) is 18.4 Å². The zero-order chi connectivity index (χ0) is 16.0. The zero-order valence-corrected chi connectivity index (χ0v) is 13.3. The Balaban J connectivity index is 0.00000441. The Bertz CT molecular complexity index is 507. The van der Waals surface area contributed by atoms with Crippen molar-refractivity contribution >= 4 is 29.9 Å². The monoisotopic (exact) mass is 335 g/mol. The fourth-order valence-electron chi connectivity index (χ4n) is 1.67. The fourth-order valence-corrected chi connectivity index (χ4v) is 1.67. The Morgan fingerprint density at radius 3 is 2.32 bits per heavy atom. The van der Waals surface area contributed by atoms with E-state index in [-0.39, 0.29) is 43.0 Å². The van der Waals surface area contributed by atoms with Crippen LogP contribution in [-0.2, 0) is 9.59 Å². The smallest absolute Gasteiger partial charge is 0.243 e. The number of hydrogen-bond donors (Lipinski definition) is 2. The van der Waals surface area contributed by atoms with Gasteiger partial charge in [-0.15, -0.1) is 12.4 Å². The molecule has 0 aliphatic heterocycles. The zero-order valence-electron chi connectivity index (χ0n) is 12.4. The Morgan fingerprint density at radius 1 is 1.27 bits per heavy atom. The van der Waals surface area contributed by atoms with Gasteiger partial charge in [-0.05, 0) is 25.5 Å². The number of carbonyl (C=O) groups excluding carboxylic acids is 2. The maximum Gasteiger partial charge on any atom is 0.243 e. The van der Waals surface area contributed by atoms with Crippen molar-refractivity contribution in [3.05, 3.63) is 29.8 Å². The predicted octanol–water partition coefficient (Wildman–Crippen LogP) is 1.91. The largest absolute Gasteiger partial charge is 0.336 e. The van der Waals surface area contributed by atoms with E-state index >= 15 is 0 Å². The predicted molar refractivity (Wildman–Crippen MR) is 82.8 cm³/mol. The summed E-state index contributed by atoms with van der Waals surface area (Å²) >= 11 is 0. The van der Waals surface area contributed by atoms with Gasteiger partial charge in [-0.2, -0.15) is 0 Å². The van der Waals surface area contributed by atoms with Crippen LogP contribution >= 0.6 is 12.4 Å². The minimum atomic E-state index is -0.785. The van der Waals surface area contributed by atoms with Crippen LogP contribution in [0.3, 0.4) is 0 Å². The van der Waals surface area contributed by atoms with E-state index in [1.807, 2.05) is 0 Å². The van der Waals surface area contributed by atoms with Gasteiger partial charge in [0.2, 0.25) is 11.8 Å². The van der Waals surface area contributed by atoms with E-state index in [2.05, 4.69) is 5.32 Å². The molecule has 0 saturated heterocycles. The van der Waals surface area contributed by atoms with Gasteiger partial charge in [-0.25, -0.2) is 8.78 Å². The van der Waals surface area contributed by atoms with E-state index in [0.29, 0.717) is 12.5 Å². The molecule has 124 valence electrons. The van der Waals surface area contributed by atoms with Crippen molar-refractivity contribution in [2.45, 2.75) is 25.8 Å². The normalized spacial score (nSPS) is 11.3. The molecular weight excluding hydrogens is 316 g/mol. The number of halogens is 3. The number of anilines is 1. The second-order valence-corrected chi connectivity index (χ2v) is 4.97. The van der Waals surface area contributed by atoms with Crippen LogP contribution in [0.25, 0.3) is 0 Å². The molecule has 0 radical (unpaired) electrons. The Morgan fingerprint density at radius 2 is 1.82 bits per heavy atom. The summed E-state index contributed by atoms with van der Waals surface area (Å²) < 4.78 is 26.0. The number of hydrogen-bond acceptors (Lipinski definition) is 3. The molecule has 3 N–H and O–H groups in total. The number of likely N-dealkylation sites (N-methyl/N-ethyl adjacent to an activating group) is 1. The van der Waals surface area contributed by atoms with Gasteiger partial charge < -0.3 is 16.0 Å². The summed E-state index contributed by atoms with van der Waals surface area (Å²) in [4.78, 5) is 24.7. The topological polar surface area (TPSA) is 75.4 Å². The molecule has 0 aliphatic rings. The third-order valence-electron chi connectivity index (χ3n) is 2.77. The molecule has 0 aliphatic carbocycles. The molecule has 0 saturated carbocycles. The van der Waals surface area contributed by atoms with Crippen LogP contribution < -0.4 is 11.1 Å². The number of rotatable bonds is 6. The van der Waals surface area contributed by atoms with Crippen LogP contribution in [0.5, 0.6) is 0 Å². The van der Waals surface area contributed by atoms with Crippen molar-refractivity contribution in [3.8, 4) is 0 Å². The molecule has 1 aromatic carbocycles. The summed E-state index contributed by atoms with van der Waals surface area (Å²) in [7, 11) is 1.48. The molecule has 0 bridgehead atoms. The standard InChI is InChI=1S/C14H19F2N3O2.ClH/c1-9(17)3-4-14(21)19(2)8-13(20)18-12-6-10(15)5-11(16)7-12;/h5-7,9H,3-4,8,17H2,1-2H3,(H,18,20);1H. The van der Waals surface area contributed by atoms with Crippen molar-refractivity contribution in [1.82, 2.24) is 4.90 Å². The molecule has 0 heterocycles.